The fraction of sp³-hybridized carbons (Fsp3) is 0.188. The summed E-state index contributed by atoms with van der Waals surface area (Å²) in [5, 5.41) is 2.71. The maximum absolute atomic E-state index is 12.3. The molecule has 0 aromatic heterocycles. The summed E-state index contributed by atoms with van der Waals surface area (Å²) in [5.74, 6) is 0.0574. The molecule has 2 aromatic rings. The van der Waals surface area contributed by atoms with E-state index < -0.39 is 10.0 Å². The zero-order valence-corrected chi connectivity index (χ0v) is 14.4. The third kappa shape index (κ3) is 3.66. The molecule has 7 nitrogen and oxygen atoms in total. The number of anilines is 2. The second-order valence-corrected chi connectivity index (χ2v) is 7.38. The van der Waals surface area contributed by atoms with Crippen LogP contribution in [0.5, 0.6) is 5.75 Å². The second-order valence-electron chi connectivity index (χ2n) is 5.23. The monoisotopic (exact) mass is 349 g/mol. The Hall–Kier alpha value is -2.58. The number of nitrogens with two attached hydrogens (primary N) is 1. The summed E-state index contributed by atoms with van der Waals surface area (Å²) in [6.45, 7) is 0. The normalized spacial score (nSPS) is 11.3. The van der Waals surface area contributed by atoms with Crippen molar-refractivity contribution >= 4 is 27.3 Å². The number of nitrogen functional groups attached to an aromatic ring is 1. The van der Waals surface area contributed by atoms with Crippen LogP contribution in [0.4, 0.5) is 11.4 Å². The zero-order valence-electron chi connectivity index (χ0n) is 13.6. The van der Waals surface area contributed by atoms with Gasteiger partial charge in [0.1, 0.15) is 5.75 Å². The van der Waals surface area contributed by atoms with Crippen molar-refractivity contribution in [3.63, 3.8) is 0 Å². The summed E-state index contributed by atoms with van der Waals surface area (Å²) >= 11 is 0. The number of nitrogens with one attached hydrogen (secondary N) is 1. The molecule has 0 fully saturated rings. The fourth-order valence-corrected chi connectivity index (χ4v) is 2.90. The lowest BCUT2D eigenvalue weighted by Gasteiger charge is -2.12. The van der Waals surface area contributed by atoms with Crippen LogP contribution in [-0.4, -0.2) is 39.8 Å². The molecule has 24 heavy (non-hydrogen) atoms. The Morgan fingerprint density at radius 1 is 1.12 bits per heavy atom. The van der Waals surface area contributed by atoms with Crippen molar-refractivity contribution in [1.82, 2.24) is 4.31 Å². The SMILES string of the molecule is COc1cc(N)ccc1NC(=O)c1ccc(S(=O)(=O)N(C)C)cc1. The molecule has 1 amide bonds. The Balaban J connectivity index is 2.23. The Morgan fingerprint density at radius 2 is 1.75 bits per heavy atom. The van der Waals surface area contributed by atoms with Crippen LogP contribution >= 0.6 is 0 Å². The first-order valence-electron chi connectivity index (χ1n) is 7.03. The minimum Gasteiger partial charge on any atom is -0.494 e. The first-order valence-corrected chi connectivity index (χ1v) is 8.47. The quantitative estimate of drug-likeness (QED) is 0.801. The number of carbonyl (C=O) groups excluding carboxylic acids is 1. The van der Waals surface area contributed by atoms with E-state index in [9.17, 15) is 13.2 Å². The number of hydrogen-bond donors (Lipinski definition) is 2. The van der Waals surface area contributed by atoms with Gasteiger partial charge in [0.05, 0.1) is 17.7 Å². The van der Waals surface area contributed by atoms with E-state index >= 15 is 0 Å². The third-order valence-electron chi connectivity index (χ3n) is 3.37. The van der Waals surface area contributed by atoms with Crippen molar-refractivity contribution in [1.29, 1.82) is 0 Å². The number of benzene rings is 2. The number of amides is 1. The Kier molecular flexibility index (Phi) is 5.10. The molecule has 0 spiro atoms. The average Bonchev–Trinajstić information content (AvgIpc) is 2.56. The molecule has 0 aliphatic heterocycles. The van der Waals surface area contributed by atoms with Crippen LogP contribution in [0, 0.1) is 0 Å². The van der Waals surface area contributed by atoms with Gasteiger partial charge in [0.25, 0.3) is 5.91 Å². The molecule has 0 saturated heterocycles. The number of hydrogen-bond acceptors (Lipinski definition) is 5. The van der Waals surface area contributed by atoms with Gasteiger partial charge in [-0.1, -0.05) is 0 Å². The molecular weight excluding hydrogens is 330 g/mol. The lowest BCUT2D eigenvalue weighted by Crippen LogP contribution is -2.22. The lowest BCUT2D eigenvalue weighted by molar-refractivity contribution is 0.102. The summed E-state index contributed by atoms with van der Waals surface area (Å²) in [6.07, 6.45) is 0. The average molecular weight is 349 g/mol. The summed E-state index contributed by atoms with van der Waals surface area (Å²) in [5.41, 5.74) is 6.99. The minimum atomic E-state index is -3.53. The Labute approximate surface area is 141 Å². The van der Waals surface area contributed by atoms with Crippen molar-refractivity contribution in [3.8, 4) is 5.75 Å². The van der Waals surface area contributed by atoms with Gasteiger partial charge in [-0.2, -0.15) is 0 Å². The maximum Gasteiger partial charge on any atom is 0.255 e. The van der Waals surface area contributed by atoms with E-state index in [1.807, 2.05) is 0 Å². The van der Waals surface area contributed by atoms with Gasteiger partial charge in [0, 0.05) is 31.4 Å². The van der Waals surface area contributed by atoms with E-state index in [2.05, 4.69) is 5.32 Å². The van der Waals surface area contributed by atoms with Crippen molar-refractivity contribution in [2.75, 3.05) is 32.3 Å². The highest BCUT2D eigenvalue weighted by atomic mass is 32.2. The summed E-state index contributed by atoms with van der Waals surface area (Å²) in [6, 6.07) is 10.6. The van der Waals surface area contributed by atoms with Gasteiger partial charge in [0.15, 0.2) is 0 Å². The first kappa shape index (κ1) is 17.8. The van der Waals surface area contributed by atoms with Gasteiger partial charge < -0.3 is 15.8 Å². The highest BCUT2D eigenvalue weighted by molar-refractivity contribution is 7.89. The Bertz CT molecular complexity index is 846. The molecule has 0 bridgehead atoms. The molecule has 0 radical (unpaired) electrons. The smallest absolute Gasteiger partial charge is 0.255 e. The van der Waals surface area contributed by atoms with Gasteiger partial charge in [-0.25, -0.2) is 12.7 Å². The standard InChI is InChI=1S/C16H19N3O4S/c1-19(2)24(21,22)13-7-4-11(5-8-13)16(20)18-14-9-6-12(17)10-15(14)23-3/h4-10H,17H2,1-3H3,(H,18,20). The summed E-state index contributed by atoms with van der Waals surface area (Å²) < 4.78 is 30.3. The van der Waals surface area contributed by atoms with E-state index in [1.54, 1.807) is 18.2 Å². The van der Waals surface area contributed by atoms with Gasteiger partial charge in [-0.3, -0.25) is 4.79 Å². The predicted molar refractivity (Wildman–Crippen MR) is 92.7 cm³/mol. The number of rotatable bonds is 5. The summed E-state index contributed by atoms with van der Waals surface area (Å²) in [4.78, 5) is 12.4. The molecule has 0 atom stereocenters. The van der Waals surface area contributed by atoms with Crippen LogP contribution in [0.3, 0.4) is 0 Å². The largest absolute Gasteiger partial charge is 0.494 e. The molecule has 8 heteroatoms. The van der Waals surface area contributed by atoms with Crippen LogP contribution in [0.2, 0.25) is 0 Å². The minimum absolute atomic E-state index is 0.120. The van der Waals surface area contributed by atoms with Crippen LogP contribution in [0.25, 0.3) is 0 Å². The highest BCUT2D eigenvalue weighted by Crippen LogP contribution is 2.27. The number of sulfonamides is 1. The van der Waals surface area contributed by atoms with Gasteiger partial charge >= 0.3 is 0 Å². The first-order chi connectivity index (χ1) is 11.3. The molecule has 0 saturated carbocycles. The van der Waals surface area contributed by atoms with Crippen molar-refractivity contribution < 1.29 is 17.9 Å². The van der Waals surface area contributed by atoms with Crippen molar-refractivity contribution in [3.05, 3.63) is 48.0 Å². The van der Waals surface area contributed by atoms with Gasteiger partial charge in [-0.15, -0.1) is 0 Å². The van der Waals surface area contributed by atoms with E-state index in [0.717, 1.165) is 4.31 Å². The topological polar surface area (TPSA) is 102 Å². The zero-order chi connectivity index (χ0) is 17.9. The molecule has 0 aliphatic carbocycles. The number of carbonyl (C=O) groups is 1. The molecule has 3 N–H and O–H groups in total. The maximum atomic E-state index is 12.3. The second kappa shape index (κ2) is 6.90. The summed E-state index contributed by atoms with van der Waals surface area (Å²) in [7, 11) is 0.847. The van der Waals surface area contributed by atoms with Crippen LogP contribution in [0.1, 0.15) is 10.4 Å². The highest BCUT2D eigenvalue weighted by Gasteiger charge is 2.18. The van der Waals surface area contributed by atoms with Crippen molar-refractivity contribution in [2.45, 2.75) is 4.90 Å². The molecule has 0 aliphatic rings. The number of ether oxygens (including phenoxy) is 1. The van der Waals surface area contributed by atoms with Gasteiger partial charge in [0.2, 0.25) is 10.0 Å². The van der Waals surface area contributed by atoms with E-state index in [0.29, 0.717) is 22.7 Å². The van der Waals surface area contributed by atoms with E-state index in [-0.39, 0.29) is 10.8 Å². The van der Waals surface area contributed by atoms with Crippen LogP contribution in [-0.2, 0) is 10.0 Å². The van der Waals surface area contributed by atoms with Gasteiger partial charge in [-0.05, 0) is 36.4 Å². The van der Waals surface area contributed by atoms with E-state index in [4.69, 9.17) is 10.5 Å². The van der Waals surface area contributed by atoms with Crippen LogP contribution < -0.4 is 15.8 Å². The fourth-order valence-electron chi connectivity index (χ4n) is 1.99. The molecule has 2 aromatic carbocycles. The van der Waals surface area contributed by atoms with Crippen molar-refractivity contribution in [2.24, 2.45) is 0 Å². The number of methoxy groups -OCH3 is 1. The van der Waals surface area contributed by atoms with E-state index in [1.165, 1.54) is 45.5 Å². The third-order valence-corrected chi connectivity index (χ3v) is 5.20. The Morgan fingerprint density at radius 3 is 2.29 bits per heavy atom. The molecular formula is C16H19N3O4S. The predicted octanol–water partition coefficient (Wildman–Crippen LogP) is 1.78. The molecule has 0 heterocycles. The lowest BCUT2D eigenvalue weighted by atomic mass is 10.2. The molecule has 0 unspecified atom stereocenters. The number of nitrogens with zero attached hydrogens (tertiary/aromatic N) is 1. The molecule has 128 valence electrons. The van der Waals surface area contributed by atoms with Crippen LogP contribution in [0.15, 0.2) is 47.4 Å². The molecule has 2 rings (SSSR count).